The molecule has 2 unspecified atom stereocenters. The maximum absolute atomic E-state index is 6.22. The van der Waals surface area contributed by atoms with Crippen LogP contribution >= 0.6 is 11.3 Å². The highest BCUT2D eigenvalue weighted by Gasteiger charge is 2.39. The van der Waals surface area contributed by atoms with Crippen LogP contribution in [0.2, 0.25) is 0 Å². The van der Waals surface area contributed by atoms with E-state index in [0.717, 1.165) is 22.0 Å². The second-order valence-electron chi connectivity index (χ2n) is 10.7. The van der Waals surface area contributed by atoms with E-state index in [1.54, 1.807) is 11.3 Å². The van der Waals surface area contributed by atoms with E-state index >= 15 is 0 Å². The van der Waals surface area contributed by atoms with Gasteiger partial charge in [0.2, 0.25) is 0 Å². The van der Waals surface area contributed by atoms with Crippen LogP contribution in [0.15, 0.2) is 127 Å². The first-order valence-electron chi connectivity index (χ1n) is 14.0. The molecule has 2 aromatic heterocycles. The number of aromatic nitrogens is 2. The number of para-hydroxylation sites is 3. The quantitative estimate of drug-likeness (QED) is 0.221. The molecule has 9 rings (SSSR count). The molecule has 0 radical (unpaired) electrons. The summed E-state index contributed by atoms with van der Waals surface area (Å²) in [5, 5.41) is 3.58. The third kappa shape index (κ3) is 3.47. The molecule has 2 atom stereocenters. The number of fused-ring (bicyclic) bond motifs is 8. The summed E-state index contributed by atoms with van der Waals surface area (Å²) in [5.74, 6) is 1.21. The predicted molar refractivity (Wildman–Crippen MR) is 169 cm³/mol. The number of thiazole rings is 1. The van der Waals surface area contributed by atoms with E-state index in [0.29, 0.717) is 0 Å². The molecule has 0 N–H and O–H groups in total. The molecule has 0 spiro atoms. The van der Waals surface area contributed by atoms with Crippen molar-refractivity contribution < 1.29 is 4.74 Å². The Labute approximate surface area is 241 Å². The molecule has 7 aromatic rings. The van der Waals surface area contributed by atoms with Crippen molar-refractivity contribution in [3.8, 4) is 33.1 Å². The number of benzene rings is 5. The molecule has 194 valence electrons. The minimum absolute atomic E-state index is 0.0540. The molecule has 3 nitrogen and oxygen atoms in total. The Hall–Kier alpha value is -4.93. The molecule has 0 bridgehead atoms. The van der Waals surface area contributed by atoms with Gasteiger partial charge in [-0.25, -0.2) is 4.98 Å². The highest BCUT2D eigenvalue weighted by Crippen LogP contribution is 2.49. The third-order valence-electron chi connectivity index (χ3n) is 8.41. The summed E-state index contributed by atoms with van der Waals surface area (Å²) in [6.07, 6.45) is 4.33. The number of hydrogen-bond acceptors (Lipinski definition) is 3. The predicted octanol–water partition coefficient (Wildman–Crippen LogP) is 9.49. The lowest BCUT2D eigenvalue weighted by molar-refractivity contribution is 0.268. The maximum Gasteiger partial charge on any atom is 0.129 e. The summed E-state index contributed by atoms with van der Waals surface area (Å²) in [6, 6.07) is 43.3. The van der Waals surface area contributed by atoms with Crippen molar-refractivity contribution in [1.82, 2.24) is 9.55 Å². The first-order chi connectivity index (χ1) is 20.3. The fourth-order valence-corrected chi connectivity index (χ4v) is 7.70. The van der Waals surface area contributed by atoms with Crippen LogP contribution in [-0.2, 0) is 0 Å². The van der Waals surface area contributed by atoms with Crippen LogP contribution in [-0.4, -0.2) is 15.7 Å². The smallest absolute Gasteiger partial charge is 0.129 e. The van der Waals surface area contributed by atoms with Gasteiger partial charge >= 0.3 is 0 Å². The van der Waals surface area contributed by atoms with E-state index in [2.05, 4.69) is 132 Å². The van der Waals surface area contributed by atoms with Gasteiger partial charge in [-0.1, -0.05) is 84.9 Å². The van der Waals surface area contributed by atoms with Crippen LogP contribution in [0.25, 0.3) is 55.3 Å². The third-order valence-corrected chi connectivity index (χ3v) is 9.61. The van der Waals surface area contributed by atoms with Crippen molar-refractivity contribution in [1.29, 1.82) is 0 Å². The number of ether oxygens (including phenoxy) is 1. The first-order valence-corrected chi connectivity index (χ1v) is 14.8. The van der Waals surface area contributed by atoms with Crippen molar-refractivity contribution >= 4 is 39.2 Å². The lowest BCUT2D eigenvalue weighted by Crippen LogP contribution is -2.19. The van der Waals surface area contributed by atoms with E-state index in [-0.39, 0.29) is 12.0 Å². The molecular weight excluding hydrogens is 520 g/mol. The molecular formula is C37H24N2OS. The van der Waals surface area contributed by atoms with E-state index in [1.165, 1.54) is 49.1 Å². The van der Waals surface area contributed by atoms with Gasteiger partial charge in [-0.05, 0) is 59.7 Å². The number of hydrogen-bond donors (Lipinski definition) is 0. The summed E-state index contributed by atoms with van der Waals surface area (Å²) in [4.78, 5) is 6.33. The fourth-order valence-electron chi connectivity index (χ4n) is 6.49. The zero-order valence-corrected chi connectivity index (χ0v) is 22.9. The molecule has 1 aliphatic heterocycles. The Bertz CT molecular complexity index is 2140. The standard InChI is InChI=1S/C37H24N2OS/c1-2-8-26(9-3-1)39-31-12-6-4-10-27(31)29-22-25(18-20-32(29)39)23-14-16-24(17-15-23)37-38-30-19-21-34-35(36(30)41-37)28-11-5-7-13-33(28)40-34/h1-22,34-35H. The van der Waals surface area contributed by atoms with Gasteiger partial charge < -0.3 is 9.30 Å². The SMILES string of the molecule is C1=CC2Oc3ccccc3C2c2sc(-c3ccc(-c4ccc5c(c4)c4ccccc4n5-c4ccccc4)cc3)nc21. The topological polar surface area (TPSA) is 27.1 Å². The van der Waals surface area contributed by atoms with E-state index in [4.69, 9.17) is 9.72 Å². The van der Waals surface area contributed by atoms with Crippen LogP contribution in [0.5, 0.6) is 5.75 Å². The zero-order chi connectivity index (χ0) is 26.9. The lowest BCUT2D eigenvalue weighted by Gasteiger charge is -2.18. The van der Waals surface area contributed by atoms with E-state index in [9.17, 15) is 0 Å². The van der Waals surface area contributed by atoms with Crippen molar-refractivity contribution in [2.45, 2.75) is 12.0 Å². The molecule has 41 heavy (non-hydrogen) atoms. The van der Waals surface area contributed by atoms with E-state index < -0.39 is 0 Å². The Morgan fingerprint density at radius 1 is 0.659 bits per heavy atom. The molecule has 4 heteroatoms. The highest BCUT2D eigenvalue weighted by atomic mass is 32.1. The van der Waals surface area contributed by atoms with Crippen LogP contribution in [0, 0.1) is 0 Å². The minimum atomic E-state index is 0.0540. The Morgan fingerprint density at radius 2 is 1.39 bits per heavy atom. The lowest BCUT2D eigenvalue weighted by atomic mass is 9.89. The van der Waals surface area contributed by atoms with Crippen LogP contribution < -0.4 is 4.74 Å². The highest BCUT2D eigenvalue weighted by molar-refractivity contribution is 7.15. The fraction of sp³-hybridized carbons (Fsp3) is 0.0541. The van der Waals surface area contributed by atoms with Crippen molar-refractivity contribution in [3.63, 3.8) is 0 Å². The van der Waals surface area contributed by atoms with Gasteiger partial charge in [-0.3, -0.25) is 0 Å². The first kappa shape index (κ1) is 22.8. The van der Waals surface area contributed by atoms with Gasteiger partial charge in [0.15, 0.2) is 0 Å². The van der Waals surface area contributed by atoms with Gasteiger partial charge in [0, 0.05) is 32.5 Å². The molecule has 5 aromatic carbocycles. The second kappa shape index (κ2) is 8.79. The Kier molecular flexibility index (Phi) is 4.89. The van der Waals surface area contributed by atoms with Crippen molar-refractivity contribution in [2.75, 3.05) is 0 Å². The summed E-state index contributed by atoms with van der Waals surface area (Å²) >= 11 is 1.79. The average Bonchev–Trinajstić information content (AvgIpc) is 3.73. The number of rotatable bonds is 3. The zero-order valence-electron chi connectivity index (χ0n) is 22.1. The van der Waals surface area contributed by atoms with Gasteiger partial charge in [0.25, 0.3) is 0 Å². The van der Waals surface area contributed by atoms with Crippen molar-refractivity contribution in [2.24, 2.45) is 0 Å². The summed E-state index contributed by atoms with van der Waals surface area (Å²) in [6.45, 7) is 0. The summed E-state index contributed by atoms with van der Waals surface area (Å²) in [5.41, 5.74) is 9.50. The summed E-state index contributed by atoms with van der Waals surface area (Å²) < 4.78 is 8.58. The van der Waals surface area contributed by atoms with Crippen LogP contribution in [0.3, 0.4) is 0 Å². The van der Waals surface area contributed by atoms with Crippen LogP contribution in [0.1, 0.15) is 22.1 Å². The molecule has 1 aliphatic carbocycles. The van der Waals surface area contributed by atoms with Crippen molar-refractivity contribution in [3.05, 3.63) is 144 Å². The molecule has 0 saturated carbocycles. The Morgan fingerprint density at radius 3 is 2.29 bits per heavy atom. The molecule has 3 heterocycles. The summed E-state index contributed by atoms with van der Waals surface area (Å²) in [7, 11) is 0. The molecule has 0 amide bonds. The average molecular weight is 545 g/mol. The molecule has 0 saturated heterocycles. The van der Waals surface area contributed by atoms with Gasteiger partial charge in [-0.15, -0.1) is 11.3 Å². The minimum Gasteiger partial charge on any atom is -0.485 e. The Balaban J connectivity index is 1.09. The number of nitrogens with zero attached hydrogens (tertiary/aromatic N) is 2. The maximum atomic E-state index is 6.22. The van der Waals surface area contributed by atoms with Gasteiger partial charge in [0.05, 0.1) is 22.6 Å². The van der Waals surface area contributed by atoms with Gasteiger partial charge in [-0.2, -0.15) is 0 Å². The normalized spacial score (nSPS) is 16.9. The molecule has 0 fully saturated rings. The second-order valence-corrected chi connectivity index (χ2v) is 11.8. The largest absolute Gasteiger partial charge is 0.485 e. The van der Waals surface area contributed by atoms with Gasteiger partial charge in [0.1, 0.15) is 16.9 Å². The molecule has 2 aliphatic rings. The van der Waals surface area contributed by atoms with Crippen LogP contribution in [0.4, 0.5) is 0 Å². The monoisotopic (exact) mass is 544 g/mol. The van der Waals surface area contributed by atoms with E-state index in [1.807, 2.05) is 6.07 Å².